The van der Waals surface area contributed by atoms with Crippen molar-refractivity contribution in [2.45, 2.75) is 39.0 Å². The van der Waals surface area contributed by atoms with Gasteiger partial charge in [0.1, 0.15) is 10.7 Å². The molecule has 1 aliphatic carbocycles. The molecule has 0 saturated carbocycles. The largest absolute Gasteiger partial charge is 0.545 e. The molecule has 118 valence electrons. The van der Waals surface area contributed by atoms with E-state index in [1.54, 1.807) is 15.9 Å². The van der Waals surface area contributed by atoms with Crippen LogP contribution in [0, 0.1) is 6.92 Å². The number of thiophene rings is 1. The molecular weight excluding hydrogens is 312 g/mol. The topological polar surface area (TPSA) is 83.2 Å². The number of carboxylic acids is 1. The fourth-order valence-electron chi connectivity index (χ4n) is 3.32. The number of fused-ring (bicyclic) bond motifs is 5. The van der Waals surface area contributed by atoms with Crippen LogP contribution in [-0.4, -0.2) is 25.6 Å². The average molecular weight is 327 g/mol. The van der Waals surface area contributed by atoms with Crippen LogP contribution in [0.15, 0.2) is 6.08 Å². The zero-order valence-electron chi connectivity index (χ0n) is 12.9. The highest BCUT2D eigenvalue weighted by atomic mass is 32.1. The van der Waals surface area contributed by atoms with Gasteiger partial charge in [-0.15, -0.1) is 16.4 Å². The minimum atomic E-state index is -1.26. The smallest absolute Gasteiger partial charge is 0.175 e. The van der Waals surface area contributed by atoms with Gasteiger partial charge in [-0.25, -0.2) is 9.97 Å². The Balaban J connectivity index is 2.03. The minimum Gasteiger partial charge on any atom is -0.545 e. The molecule has 3 heterocycles. The molecule has 1 atom stereocenters. The number of carbonyl (C=O) groups is 1. The van der Waals surface area contributed by atoms with E-state index in [2.05, 4.69) is 22.0 Å². The molecule has 0 fully saturated rings. The molecule has 7 heteroatoms. The summed E-state index contributed by atoms with van der Waals surface area (Å²) in [5, 5.41) is 16.0. The van der Waals surface area contributed by atoms with Crippen molar-refractivity contribution in [3.05, 3.63) is 28.2 Å². The molecule has 0 bridgehead atoms. The summed E-state index contributed by atoms with van der Waals surface area (Å²) >= 11 is 1.75. The third-order valence-corrected chi connectivity index (χ3v) is 5.48. The predicted molar refractivity (Wildman–Crippen MR) is 86.3 cm³/mol. The Hall–Kier alpha value is -2.28. The molecule has 6 nitrogen and oxygen atoms in total. The Labute approximate surface area is 136 Å². The summed E-state index contributed by atoms with van der Waals surface area (Å²) in [6, 6.07) is 0. The van der Waals surface area contributed by atoms with E-state index in [-0.39, 0.29) is 0 Å². The fourth-order valence-corrected chi connectivity index (χ4v) is 4.69. The molecule has 3 aromatic heterocycles. The first-order valence-electron chi connectivity index (χ1n) is 7.62. The summed E-state index contributed by atoms with van der Waals surface area (Å²) in [7, 11) is 0. The van der Waals surface area contributed by atoms with Crippen LogP contribution in [0.3, 0.4) is 0 Å². The lowest BCUT2D eigenvalue weighted by atomic mass is 9.87. The molecule has 0 unspecified atom stereocenters. The number of rotatable bonds is 2. The predicted octanol–water partition coefficient (Wildman–Crippen LogP) is 1.85. The zero-order chi connectivity index (χ0) is 16.1. The summed E-state index contributed by atoms with van der Waals surface area (Å²) in [6.07, 6.45) is 5.78. The Bertz CT molecular complexity index is 970. The van der Waals surface area contributed by atoms with E-state index in [0.29, 0.717) is 11.7 Å². The highest BCUT2D eigenvalue weighted by Crippen LogP contribution is 2.42. The van der Waals surface area contributed by atoms with E-state index in [9.17, 15) is 9.90 Å². The Morgan fingerprint density at radius 3 is 3.04 bits per heavy atom. The van der Waals surface area contributed by atoms with Gasteiger partial charge >= 0.3 is 0 Å². The highest BCUT2D eigenvalue weighted by molar-refractivity contribution is 7.19. The van der Waals surface area contributed by atoms with Gasteiger partial charge < -0.3 is 9.90 Å². The maximum Gasteiger partial charge on any atom is 0.175 e. The lowest BCUT2D eigenvalue weighted by Gasteiger charge is -2.18. The van der Waals surface area contributed by atoms with Crippen LogP contribution in [0.4, 0.5) is 0 Å². The lowest BCUT2D eigenvalue weighted by molar-refractivity contribution is -0.297. The van der Waals surface area contributed by atoms with Crippen LogP contribution in [-0.2, 0) is 11.2 Å². The molecule has 0 radical (unpaired) electrons. The van der Waals surface area contributed by atoms with E-state index >= 15 is 0 Å². The molecule has 0 amide bonds. The first kappa shape index (κ1) is 14.3. The Morgan fingerprint density at radius 2 is 2.26 bits per heavy atom. The monoisotopic (exact) mass is 327 g/mol. The minimum absolute atomic E-state index is 0.356. The number of carboxylic acid groups (broad SMARTS) is 1. The van der Waals surface area contributed by atoms with Gasteiger partial charge in [0, 0.05) is 4.88 Å². The van der Waals surface area contributed by atoms with Crippen molar-refractivity contribution < 1.29 is 9.90 Å². The van der Waals surface area contributed by atoms with Crippen LogP contribution in [0.25, 0.3) is 21.9 Å². The van der Waals surface area contributed by atoms with E-state index < -0.39 is 5.97 Å². The maximum absolute atomic E-state index is 10.6. The van der Waals surface area contributed by atoms with Gasteiger partial charge in [0.2, 0.25) is 0 Å². The Morgan fingerprint density at radius 1 is 1.43 bits per heavy atom. The van der Waals surface area contributed by atoms with Gasteiger partial charge in [0.05, 0.1) is 11.4 Å². The molecule has 4 rings (SSSR count). The van der Waals surface area contributed by atoms with Crippen LogP contribution in [0.5, 0.6) is 0 Å². The number of aryl methyl sites for hydroxylation is 2. The summed E-state index contributed by atoms with van der Waals surface area (Å²) in [5.74, 6) is 0.333. The normalized spacial score (nSPS) is 18.1. The summed E-state index contributed by atoms with van der Waals surface area (Å²) in [6.45, 7) is 4.13. The lowest BCUT2D eigenvalue weighted by Crippen LogP contribution is -2.18. The van der Waals surface area contributed by atoms with Crippen molar-refractivity contribution in [3.63, 3.8) is 0 Å². The van der Waals surface area contributed by atoms with E-state index in [1.807, 2.05) is 6.92 Å². The Kier molecular flexibility index (Phi) is 3.19. The number of hydrogen-bond acceptors (Lipinski definition) is 6. The molecule has 0 saturated heterocycles. The molecule has 0 spiro atoms. The summed E-state index contributed by atoms with van der Waals surface area (Å²) in [4.78, 5) is 22.2. The SMILES string of the molecule is Cc1nc2sc3c(c2c2nc(/C=C\C(=O)[O-])nn12)[C@H](C)CCC3. The van der Waals surface area contributed by atoms with Crippen molar-refractivity contribution in [2.24, 2.45) is 0 Å². The molecule has 23 heavy (non-hydrogen) atoms. The molecule has 0 N–H and O–H groups in total. The highest BCUT2D eigenvalue weighted by Gasteiger charge is 2.25. The number of hydrogen-bond donors (Lipinski definition) is 0. The molecule has 1 aliphatic rings. The first-order valence-corrected chi connectivity index (χ1v) is 8.44. The van der Waals surface area contributed by atoms with E-state index in [0.717, 1.165) is 34.2 Å². The third kappa shape index (κ3) is 2.23. The van der Waals surface area contributed by atoms with Gasteiger partial charge in [-0.3, -0.25) is 0 Å². The summed E-state index contributed by atoms with van der Waals surface area (Å²) in [5.41, 5.74) is 2.10. The third-order valence-electron chi connectivity index (χ3n) is 4.32. The van der Waals surface area contributed by atoms with Gasteiger partial charge in [-0.1, -0.05) is 6.92 Å². The standard InChI is InChI=1S/C16H16N4O2S/c1-8-4-3-5-10-13(8)14-15-18-11(6-7-12(21)22)19-20(15)9(2)17-16(14)23-10/h6-8H,3-5H2,1-2H3,(H,21,22)/p-1/b7-6-/t8-/m1/s1. The van der Waals surface area contributed by atoms with E-state index in [1.165, 1.54) is 29.4 Å². The van der Waals surface area contributed by atoms with Crippen LogP contribution < -0.4 is 5.11 Å². The molecule has 0 aromatic carbocycles. The number of aliphatic carboxylic acids is 1. The molecular formula is C16H15N4O2S-. The number of nitrogens with zero attached hydrogens (tertiary/aromatic N) is 4. The zero-order valence-corrected chi connectivity index (χ0v) is 13.7. The van der Waals surface area contributed by atoms with Crippen molar-refractivity contribution >= 4 is 39.2 Å². The van der Waals surface area contributed by atoms with Gasteiger partial charge in [0.15, 0.2) is 11.5 Å². The van der Waals surface area contributed by atoms with E-state index in [4.69, 9.17) is 0 Å². The van der Waals surface area contributed by atoms with Crippen LogP contribution in [0.2, 0.25) is 0 Å². The second-order valence-corrected chi connectivity index (χ2v) is 7.01. The van der Waals surface area contributed by atoms with Gasteiger partial charge in [-0.2, -0.15) is 4.52 Å². The average Bonchev–Trinajstić information content (AvgIpc) is 3.06. The molecule has 0 aliphatic heterocycles. The fraction of sp³-hybridized carbons (Fsp3) is 0.375. The molecule has 3 aromatic rings. The maximum atomic E-state index is 10.6. The van der Waals surface area contributed by atoms with Crippen molar-refractivity contribution in [3.8, 4) is 0 Å². The second-order valence-electron chi connectivity index (χ2n) is 5.93. The van der Waals surface area contributed by atoms with Crippen molar-refractivity contribution in [1.29, 1.82) is 0 Å². The van der Waals surface area contributed by atoms with Crippen LogP contribution in [0.1, 0.15) is 47.8 Å². The van der Waals surface area contributed by atoms with Crippen molar-refractivity contribution in [2.75, 3.05) is 0 Å². The quantitative estimate of drug-likeness (QED) is 0.671. The summed E-state index contributed by atoms with van der Waals surface area (Å²) < 4.78 is 1.70. The second kappa shape index (κ2) is 5.13. The number of aromatic nitrogens is 4. The van der Waals surface area contributed by atoms with Gasteiger partial charge in [0.25, 0.3) is 0 Å². The van der Waals surface area contributed by atoms with Gasteiger partial charge in [-0.05, 0) is 49.8 Å². The van der Waals surface area contributed by atoms with Crippen LogP contribution >= 0.6 is 11.3 Å². The van der Waals surface area contributed by atoms with Crippen molar-refractivity contribution in [1.82, 2.24) is 19.6 Å². The first-order chi connectivity index (χ1) is 11.0. The number of carbonyl (C=O) groups excluding carboxylic acids is 1.